The molecule has 0 aliphatic carbocycles. The van der Waals surface area contributed by atoms with Gasteiger partial charge in [-0.2, -0.15) is 18.3 Å². The second-order valence-corrected chi connectivity index (χ2v) is 8.38. The summed E-state index contributed by atoms with van der Waals surface area (Å²) >= 11 is 0.880. The standard InChI is InChI=1S/C21H26F3N3O5S/c1-6-8-32-19(29)15-13(5)16(20(30)31-7-2)33-18(15)25-17(28)11(3)10-27-12(4)9-14(26-27)21(22,23)24/h9,11H,6-8,10H2,1-5H3,(H,25,28). The van der Waals surface area contributed by atoms with E-state index >= 15 is 0 Å². The molecule has 1 N–H and O–H groups in total. The number of ether oxygens (including phenoxy) is 2. The summed E-state index contributed by atoms with van der Waals surface area (Å²) in [7, 11) is 0. The largest absolute Gasteiger partial charge is 0.462 e. The second kappa shape index (κ2) is 10.8. The van der Waals surface area contributed by atoms with Crippen LogP contribution in [-0.2, 0) is 27.0 Å². The van der Waals surface area contributed by atoms with Gasteiger partial charge in [0, 0.05) is 5.69 Å². The second-order valence-electron chi connectivity index (χ2n) is 7.36. The van der Waals surface area contributed by atoms with Gasteiger partial charge >= 0.3 is 18.1 Å². The fourth-order valence-corrected chi connectivity index (χ4v) is 4.01. The van der Waals surface area contributed by atoms with Crippen LogP contribution in [0.4, 0.5) is 18.2 Å². The minimum atomic E-state index is -4.59. The molecule has 0 aliphatic rings. The molecule has 2 aromatic heterocycles. The summed E-state index contributed by atoms with van der Waals surface area (Å²) in [5.41, 5.74) is -0.421. The summed E-state index contributed by atoms with van der Waals surface area (Å²) in [5, 5.41) is 6.25. The van der Waals surface area contributed by atoms with Gasteiger partial charge in [0.05, 0.1) is 31.2 Å². The van der Waals surface area contributed by atoms with Crippen molar-refractivity contribution in [3.05, 3.63) is 33.5 Å². The van der Waals surface area contributed by atoms with Crippen molar-refractivity contribution in [3.8, 4) is 0 Å². The summed E-state index contributed by atoms with van der Waals surface area (Å²) in [6.45, 7) is 8.18. The molecule has 1 unspecified atom stereocenters. The van der Waals surface area contributed by atoms with Crippen molar-refractivity contribution in [2.24, 2.45) is 5.92 Å². The molecule has 2 rings (SSSR count). The first kappa shape index (κ1) is 26.4. The van der Waals surface area contributed by atoms with Crippen LogP contribution < -0.4 is 5.32 Å². The number of alkyl halides is 3. The molecule has 0 saturated heterocycles. The average Bonchev–Trinajstić information content (AvgIpc) is 3.26. The van der Waals surface area contributed by atoms with Crippen LogP contribution in [0.5, 0.6) is 0 Å². The maximum absolute atomic E-state index is 12.9. The van der Waals surface area contributed by atoms with E-state index in [1.807, 2.05) is 6.92 Å². The lowest BCUT2D eigenvalue weighted by molar-refractivity contribution is -0.141. The molecular formula is C21H26F3N3O5S. The molecular weight excluding hydrogens is 463 g/mol. The number of hydrogen-bond donors (Lipinski definition) is 1. The molecule has 0 bridgehead atoms. The molecule has 0 saturated carbocycles. The molecule has 0 fully saturated rings. The molecule has 12 heteroatoms. The number of amides is 1. The molecule has 1 atom stereocenters. The van der Waals surface area contributed by atoms with Gasteiger partial charge in [-0.15, -0.1) is 11.3 Å². The number of nitrogens with one attached hydrogen (secondary N) is 1. The molecule has 1 amide bonds. The van der Waals surface area contributed by atoms with E-state index in [1.165, 1.54) is 13.8 Å². The lowest BCUT2D eigenvalue weighted by Crippen LogP contribution is -2.26. The van der Waals surface area contributed by atoms with E-state index in [9.17, 15) is 27.6 Å². The third-order valence-corrected chi connectivity index (χ3v) is 5.84. The molecule has 0 aromatic carbocycles. The smallest absolute Gasteiger partial charge is 0.435 e. The maximum Gasteiger partial charge on any atom is 0.435 e. The van der Waals surface area contributed by atoms with Gasteiger partial charge in [-0.05, 0) is 38.8 Å². The van der Waals surface area contributed by atoms with E-state index in [-0.39, 0.29) is 40.9 Å². The van der Waals surface area contributed by atoms with Crippen LogP contribution in [-0.4, -0.2) is 40.8 Å². The molecule has 8 nitrogen and oxygen atoms in total. The summed E-state index contributed by atoms with van der Waals surface area (Å²) in [4.78, 5) is 37.8. The van der Waals surface area contributed by atoms with Gasteiger partial charge in [0.15, 0.2) is 5.69 Å². The van der Waals surface area contributed by atoms with Crippen LogP contribution in [0.2, 0.25) is 0 Å². The number of anilines is 1. The van der Waals surface area contributed by atoms with Crippen molar-refractivity contribution < 1.29 is 37.0 Å². The Bertz CT molecular complexity index is 1030. The van der Waals surface area contributed by atoms with Gasteiger partial charge in [-0.25, -0.2) is 9.59 Å². The number of rotatable bonds is 9. The third kappa shape index (κ3) is 6.34. The van der Waals surface area contributed by atoms with Gasteiger partial charge in [-0.1, -0.05) is 13.8 Å². The van der Waals surface area contributed by atoms with E-state index < -0.39 is 35.6 Å². The zero-order valence-electron chi connectivity index (χ0n) is 19.0. The van der Waals surface area contributed by atoms with Crippen molar-refractivity contribution in [3.63, 3.8) is 0 Å². The van der Waals surface area contributed by atoms with Crippen molar-refractivity contribution in [1.29, 1.82) is 0 Å². The number of aryl methyl sites for hydroxylation is 1. The highest BCUT2D eigenvalue weighted by atomic mass is 32.1. The van der Waals surface area contributed by atoms with Crippen molar-refractivity contribution in [2.75, 3.05) is 18.5 Å². The van der Waals surface area contributed by atoms with Crippen LogP contribution in [0.3, 0.4) is 0 Å². The van der Waals surface area contributed by atoms with E-state index in [0.717, 1.165) is 22.1 Å². The number of thiophene rings is 1. The summed E-state index contributed by atoms with van der Waals surface area (Å²) in [5.74, 6) is -2.68. The minimum Gasteiger partial charge on any atom is -0.462 e. The highest BCUT2D eigenvalue weighted by Gasteiger charge is 2.35. The van der Waals surface area contributed by atoms with E-state index in [0.29, 0.717) is 12.0 Å². The summed E-state index contributed by atoms with van der Waals surface area (Å²) in [6.07, 6.45) is -4.01. The number of esters is 2. The average molecular weight is 490 g/mol. The van der Waals surface area contributed by atoms with Gasteiger partial charge in [0.25, 0.3) is 0 Å². The van der Waals surface area contributed by atoms with Crippen molar-refractivity contribution in [1.82, 2.24) is 9.78 Å². The first-order valence-corrected chi connectivity index (χ1v) is 11.1. The Morgan fingerprint density at radius 2 is 1.85 bits per heavy atom. The van der Waals surface area contributed by atoms with Crippen molar-refractivity contribution in [2.45, 2.75) is 53.8 Å². The molecule has 2 aromatic rings. The molecule has 0 aliphatic heterocycles. The van der Waals surface area contributed by atoms with Gasteiger partial charge in [0.1, 0.15) is 9.88 Å². The topological polar surface area (TPSA) is 99.5 Å². The van der Waals surface area contributed by atoms with Crippen LogP contribution in [0, 0.1) is 19.8 Å². The van der Waals surface area contributed by atoms with E-state index in [4.69, 9.17) is 9.47 Å². The van der Waals surface area contributed by atoms with Crippen LogP contribution >= 0.6 is 11.3 Å². The predicted octanol–water partition coefficient (Wildman–Crippen LogP) is 4.60. The highest BCUT2D eigenvalue weighted by molar-refractivity contribution is 7.18. The van der Waals surface area contributed by atoms with Crippen LogP contribution in [0.25, 0.3) is 0 Å². The maximum atomic E-state index is 12.9. The minimum absolute atomic E-state index is 0.0479. The fraction of sp³-hybridized carbons (Fsp3) is 0.524. The van der Waals surface area contributed by atoms with E-state index in [2.05, 4.69) is 10.4 Å². The normalized spacial score (nSPS) is 12.4. The number of aromatic nitrogens is 2. The Kier molecular flexibility index (Phi) is 8.64. The lowest BCUT2D eigenvalue weighted by atomic mass is 10.1. The number of carbonyl (C=O) groups is 3. The lowest BCUT2D eigenvalue weighted by Gasteiger charge is -2.14. The van der Waals surface area contributed by atoms with Gasteiger partial charge < -0.3 is 14.8 Å². The number of hydrogen-bond acceptors (Lipinski definition) is 7. The Hall–Kier alpha value is -2.89. The Morgan fingerprint density at radius 1 is 1.18 bits per heavy atom. The number of nitrogens with zero attached hydrogens (tertiary/aromatic N) is 2. The molecule has 0 radical (unpaired) electrons. The third-order valence-electron chi connectivity index (χ3n) is 4.65. The van der Waals surface area contributed by atoms with Crippen LogP contribution in [0.1, 0.15) is 64.2 Å². The predicted molar refractivity (Wildman–Crippen MR) is 115 cm³/mol. The number of carbonyl (C=O) groups excluding carboxylic acids is 3. The first-order chi connectivity index (χ1) is 15.4. The van der Waals surface area contributed by atoms with Crippen molar-refractivity contribution >= 4 is 34.2 Å². The Morgan fingerprint density at radius 3 is 2.39 bits per heavy atom. The Balaban J connectivity index is 2.28. The Labute approximate surface area is 193 Å². The van der Waals surface area contributed by atoms with Crippen LogP contribution in [0.15, 0.2) is 6.07 Å². The SMILES string of the molecule is CCCOC(=O)c1c(NC(=O)C(C)Cn2nc(C(F)(F)F)cc2C)sc(C(=O)OCC)c1C. The molecule has 2 heterocycles. The fourth-order valence-electron chi connectivity index (χ4n) is 2.92. The first-order valence-electron chi connectivity index (χ1n) is 10.3. The monoisotopic (exact) mass is 489 g/mol. The summed E-state index contributed by atoms with van der Waals surface area (Å²) in [6, 6.07) is 0.903. The highest BCUT2D eigenvalue weighted by Crippen LogP contribution is 2.35. The quantitative estimate of drug-likeness (QED) is 0.517. The summed E-state index contributed by atoms with van der Waals surface area (Å²) < 4.78 is 50.0. The molecule has 33 heavy (non-hydrogen) atoms. The zero-order chi connectivity index (χ0) is 24.9. The van der Waals surface area contributed by atoms with E-state index in [1.54, 1.807) is 13.8 Å². The molecule has 0 spiro atoms. The zero-order valence-corrected chi connectivity index (χ0v) is 19.8. The number of halogens is 3. The van der Waals surface area contributed by atoms with Gasteiger partial charge in [-0.3, -0.25) is 9.48 Å². The van der Waals surface area contributed by atoms with Gasteiger partial charge in [0.2, 0.25) is 5.91 Å². The molecule has 182 valence electrons.